The molecule has 0 saturated heterocycles. The number of hydrogen-bond acceptors (Lipinski definition) is 3. The number of ketones is 1. The van der Waals surface area contributed by atoms with Crippen LogP contribution in [-0.2, 0) is 9.45 Å². The lowest BCUT2D eigenvalue weighted by molar-refractivity contribution is -0.113. The molecule has 0 spiro atoms. The fourth-order valence-electron chi connectivity index (χ4n) is 6.49. The Morgan fingerprint density at radius 1 is 0.500 bits per heavy atom. The zero-order chi connectivity index (χ0) is 42.6. The maximum absolute atomic E-state index is 15.9. The minimum Gasteiger partial charge on any atom is -0.705 e. The number of carbonyl (C=O) groups is 1. The van der Waals surface area contributed by atoms with Crippen molar-refractivity contribution < 1.29 is 75.3 Å². The minimum absolute atomic E-state index is 0.178. The molecule has 0 bridgehead atoms. The number of allylic oxidation sites excluding steroid dienone is 2. The first-order valence-electron chi connectivity index (χ1n) is 16.2. The molecule has 3 nitrogen and oxygen atoms in total. The van der Waals surface area contributed by atoms with Crippen LogP contribution in [0, 0.1) is 87.3 Å². The predicted molar refractivity (Wildman–Crippen MR) is 175 cm³/mol. The highest BCUT2D eigenvalue weighted by atomic mass is 19.2. The Kier molecular flexibility index (Phi) is 12.2. The van der Waals surface area contributed by atoms with Gasteiger partial charge >= 0.3 is 0 Å². The van der Waals surface area contributed by atoms with E-state index in [1.165, 1.54) is 0 Å². The van der Waals surface area contributed by atoms with Crippen LogP contribution >= 0.6 is 0 Å². The fourth-order valence-corrected chi connectivity index (χ4v) is 6.49. The lowest BCUT2D eigenvalue weighted by Gasteiger charge is -2.45. The molecule has 0 aliphatic heterocycles. The normalized spacial score (nSPS) is 12.9. The summed E-state index contributed by atoms with van der Waals surface area (Å²) >= 11 is 0. The summed E-state index contributed by atoms with van der Waals surface area (Å²) in [6.45, 7) is 9.18. The fraction of sp³-hybridized carbons (Fsp3) is 0.243. The van der Waals surface area contributed by atoms with E-state index in [0.717, 1.165) is 6.92 Å². The molecule has 300 valence electrons. The average Bonchev–Trinajstić information content (AvgIpc) is 3.12. The van der Waals surface area contributed by atoms with Gasteiger partial charge in [-0.25, -0.2) is 65.9 Å². The van der Waals surface area contributed by atoms with E-state index < -0.39 is 133 Å². The first-order valence-corrected chi connectivity index (χ1v) is 16.2. The maximum Gasteiger partial charge on any atom is 0.266 e. The lowest BCUT2D eigenvalue weighted by Crippen LogP contribution is -2.75. The summed E-state index contributed by atoms with van der Waals surface area (Å²) in [5, 5.41) is 0. The minimum atomic E-state index is -6.41. The van der Waals surface area contributed by atoms with Gasteiger partial charge in [-0.15, -0.1) is 0 Å². The van der Waals surface area contributed by atoms with Crippen molar-refractivity contribution in [2.45, 2.75) is 60.3 Å². The topological polar surface area (TPSA) is 38.7 Å². The summed E-state index contributed by atoms with van der Waals surface area (Å²) < 4.78 is 234. The Morgan fingerprint density at radius 2 is 0.768 bits per heavy atom. The van der Waals surface area contributed by atoms with Gasteiger partial charge in [-0.3, -0.25) is 9.79 Å². The van der Waals surface area contributed by atoms with Gasteiger partial charge in [-0.05, 0) is 43.7 Å². The van der Waals surface area contributed by atoms with Gasteiger partial charge in [-0.2, -0.15) is 0 Å². The van der Waals surface area contributed by atoms with Crippen LogP contribution in [0.25, 0.3) is 0 Å². The summed E-state index contributed by atoms with van der Waals surface area (Å²) in [7, 11) is 0. The second kappa shape index (κ2) is 15.7. The van der Waals surface area contributed by atoms with Crippen LogP contribution in [0.1, 0.15) is 71.4 Å². The summed E-state index contributed by atoms with van der Waals surface area (Å²) in [5.41, 5.74) is -9.19. The van der Waals surface area contributed by atoms with Gasteiger partial charge in [0.2, 0.25) is 0 Å². The van der Waals surface area contributed by atoms with E-state index in [1.807, 2.05) is 0 Å². The Bertz CT molecular complexity index is 2090. The zero-order valence-corrected chi connectivity index (χ0v) is 29.9. The second-order valence-corrected chi connectivity index (χ2v) is 13.1. The van der Waals surface area contributed by atoms with Crippen LogP contribution < -0.4 is 16.4 Å². The third-order valence-corrected chi connectivity index (χ3v) is 8.99. The Hall–Kier alpha value is -5.23. The molecule has 0 heterocycles. The van der Waals surface area contributed by atoms with Crippen LogP contribution in [0.4, 0.5) is 71.5 Å². The molecular weight excluding hydrogens is 786 g/mol. The molecule has 4 aromatic carbocycles. The Labute approximate surface area is 308 Å². The molecule has 0 atom stereocenters. The third-order valence-electron chi connectivity index (χ3n) is 8.99. The number of hydrogen-bond donors (Lipinski definition) is 0. The Morgan fingerprint density at radius 3 is 1.02 bits per heavy atom. The molecule has 0 N–H and O–H groups in total. The molecular formula is C37H26BF15NO2-. The van der Waals surface area contributed by atoms with Crippen molar-refractivity contribution in [1.29, 1.82) is 0 Å². The molecule has 0 aromatic heterocycles. The molecule has 56 heavy (non-hydrogen) atoms. The van der Waals surface area contributed by atoms with Crippen molar-refractivity contribution in [1.82, 2.24) is 0 Å². The maximum atomic E-state index is 15.9. The van der Waals surface area contributed by atoms with Crippen molar-refractivity contribution >= 4 is 39.9 Å². The molecule has 4 rings (SSSR count). The molecule has 0 radical (unpaired) electrons. The monoisotopic (exact) mass is 812 g/mol. The van der Waals surface area contributed by atoms with E-state index in [1.54, 1.807) is 45.9 Å². The standard InChI is InChI=1S/C37H26BF15NO2/c1-11(2)16-9-8-10-17(12(3)4)37(16)54-13(5)18(14(6)55)15(7)56-38(19-22(39)28(45)34(51)29(46)23(19)40,20-24(41)30(47)35(52)31(48)25(20)42)21-26(43)32(49)36(53)33(50)27(21)44/h8-12H,1-7H3/q-1/b18-15+,54-13?. The smallest absolute Gasteiger partial charge is 0.266 e. The molecule has 4 aromatic rings. The Balaban J connectivity index is 2.42. The highest BCUT2D eigenvalue weighted by molar-refractivity contribution is 7.07. The van der Waals surface area contributed by atoms with Crippen LogP contribution in [0.15, 0.2) is 34.5 Å². The number of halogens is 15. The third kappa shape index (κ3) is 6.82. The van der Waals surface area contributed by atoms with Gasteiger partial charge in [0.1, 0.15) is 34.9 Å². The van der Waals surface area contributed by atoms with E-state index in [-0.39, 0.29) is 17.5 Å². The van der Waals surface area contributed by atoms with E-state index >= 15 is 26.3 Å². The number of rotatable bonds is 10. The second-order valence-electron chi connectivity index (χ2n) is 13.1. The van der Waals surface area contributed by atoms with Crippen molar-refractivity contribution in [3.8, 4) is 0 Å². The predicted octanol–water partition coefficient (Wildman–Crippen LogP) is 9.66. The van der Waals surface area contributed by atoms with Gasteiger partial charge < -0.3 is 4.65 Å². The van der Waals surface area contributed by atoms with Crippen LogP contribution in [0.5, 0.6) is 0 Å². The molecule has 0 aliphatic carbocycles. The summed E-state index contributed by atoms with van der Waals surface area (Å²) in [4.78, 5) is 17.7. The first-order chi connectivity index (χ1) is 25.9. The van der Waals surface area contributed by atoms with E-state index in [0.29, 0.717) is 25.0 Å². The highest BCUT2D eigenvalue weighted by Gasteiger charge is 2.51. The molecule has 0 saturated carbocycles. The van der Waals surface area contributed by atoms with Gasteiger partial charge in [-0.1, -0.05) is 62.3 Å². The number of carbonyl (C=O) groups excluding carboxylic acids is 1. The number of benzene rings is 4. The zero-order valence-electron chi connectivity index (χ0n) is 29.9. The van der Waals surface area contributed by atoms with Gasteiger partial charge in [0.25, 0.3) is 6.35 Å². The van der Waals surface area contributed by atoms with Crippen molar-refractivity contribution in [2.75, 3.05) is 0 Å². The highest BCUT2D eigenvalue weighted by Crippen LogP contribution is 2.36. The molecule has 0 unspecified atom stereocenters. The van der Waals surface area contributed by atoms with Crippen molar-refractivity contribution in [3.63, 3.8) is 0 Å². The number of aliphatic imine (C=N–C) groups is 1. The van der Waals surface area contributed by atoms with Gasteiger partial charge in [0, 0.05) is 0 Å². The molecule has 0 aliphatic rings. The summed E-state index contributed by atoms with van der Waals surface area (Å²) in [6.07, 6.45) is -6.41. The summed E-state index contributed by atoms with van der Waals surface area (Å²) in [6, 6.07) is 4.89. The van der Waals surface area contributed by atoms with Crippen LogP contribution in [-0.4, -0.2) is 17.8 Å². The van der Waals surface area contributed by atoms with Crippen LogP contribution in [0.2, 0.25) is 0 Å². The molecule has 19 heteroatoms. The first kappa shape index (κ1) is 43.5. The SMILES string of the molecule is CC(=O)/C(C(C)=Nc1c(C(C)C)cccc1C(C)C)=C(\C)O[B-](c1c(F)c(F)c(F)c(F)c1F)(c1c(F)c(F)c(F)c(F)c1F)c1c(F)c(F)c(F)c(F)c1F. The number of para-hydroxylation sites is 1. The van der Waals surface area contributed by atoms with E-state index in [2.05, 4.69) is 4.99 Å². The van der Waals surface area contributed by atoms with Crippen molar-refractivity contribution in [2.24, 2.45) is 4.99 Å². The largest absolute Gasteiger partial charge is 0.705 e. The van der Waals surface area contributed by atoms with Crippen LogP contribution in [0.3, 0.4) is 0 Å². The average molecular weight is 812 g/mol. The van der Waals surface area contributed by atoms with Gasteiger partial charge in [0.15, 0.2) is 58.1 Å². The quantitative estimate of drug-likeness (QED) is 0.0305. The molecule has 0 amide bonds. The van der Waals surface area contributed by atoms with Gasteiger partial charge in [0.05, 0.1) is 22.7 Å². The van der Waals surface area contributed by atoms with Crippen molar-refractivity contribution in [3.05, 3.63) is 128 Å². The summed E-state index contributed by atoms with van der Waals surface area (Å²) in [5.74, 6) is -51.1. The number of nitrogens with zero attached hydrogens (tertiary/aromatic N) is 1. The number of Topliss-reactive ketones (excluding diaryl/α,β-unsaturated/α-hetero) is 1. The molecule has 0 fully saturated rings. The van der Waals surface area contributed by atoms with E-state index in [4.69, 9.17) is 4.65 Å². The van der Waals surface area contributed by atoms with E-state index in [9.17, 15) is 44.3 Å². The lowest BCUT2D eigenvalue weighted by atomic mass is 9.27.